The van der Waals surface area contributed by atoms with Gasteiger partial charge >= 0.3 is 11.9 Å². The minimum Gasteiger partial charge on any atom is -0.480 e. The number of amides is 1. The summed E-state index contributed by atoms with van der Waals surface area (Å²) in [5, 5.41) is 17.3. The van der Waals surface area contributed by atoms with Crippen molar-refractivity contribution in [2.75, 3.05) is 7.11 Å². The van der Waals surface area contributed by atoms with Gasteiger partial charge in [-0.05, 0) is 13.3 Å². The number of hydrogen-bond acceptors (Lipinski definition) is 6. The molecule has 0 aliphatic heterocycles. The first-order chi connectivity index (χ1) is 8.93. The van der Waals surface area contributed by atoms with E-state index in [1.54, 1.807) is 6.92 Å². The van der Waals surface area contributed by atoms with Gasteiger partial charge in [0.1, 0.15) is 11.9 Å². The molecule has 0 aliphatic carbocycles. The monoisotopic (exact) mass is 270 g/mol. The molecule has 0 bridgehead atoms. The van der Waals surface area contributed by atoms with E-state index in [1.165, 1.54) is 7.11 Å². The van der Waals surface area contributed by atoms with Crippen LogP contribution in [0.4, 0.5) is 0 Å². The van der Waals surface area contributed by atoms with Crippen LogP contribution in [0.2, 0.25) is 0 Å². The zero-order valence-electron chi connectivity index (χ0n) is 10.5. The Morgan fingerprint density at radius 3 is 2.63 bits per heavy atom. The number of nitrogens with one attached hydrogen (secondary N) is 2. The van der Waals surface area contributed by atoms with Crippen molar-refractivity contribution < 1.29 is 24.2 Å². The van der Waals surface area contributed by atoms with Crippen LogP contribution < -0.4 is 5.32 Å². The van der Waals surface area contributed by atoms with E-state index in [9.17, 15) is 14.4 Å². The minimum atomic E-state index is -1.25. The molecule has 0 aromatic carbocycles. The number of hydrogen-bond donors (Lipinski definition) is 3. The third-order valence-corrected chi connectivity index (χ3v) is 2.27. The molecule has 104 valence electrons. The van der Waals surface area contributed by atoms with Crippen LogP contribution in [0.5, 0.6) is 0 Å². The fourth-order valence-corrected chi connectivity index (χ4v) is 1.29. The van der Waals surface area contributed by atoms with E-state index in [2.05, 4.69) is 25.2 Å². The predicted octanol–water partition coefficient (Wildman–Crippen LogP) is -0.751. The molecule has 1 amide bonds. The summed E-state index contributed by atoms with van der Waals surface area (Å²) < 4.78 is 4.40. The van der Waals surface area contributed by atoms with Crippen molar-refractivity contribution in [3.05, 3.63) is 11.6 Å². The van der Waals surface area contributed by atoms with Crippen LogP contribution in [0.15, 0.2) is 0 Å². The number of H-pyrrole nitrogens is 1. The molecule has 1 heterocycles. The number of rotatable bonds is 6. The maximum absolute atomic E-state index is 11.7. The quantitative estimate of drug-likeness (QED) is 0.579. The molecule has 1 atom stereocenters. The third kappa shape index (κ3) is 4.37. The number of aromatic amines is 1. The molecule has 0 saturated heterocycles. The molecule has 1 rings (SSSR count). The summed E-state index contributed by atoms with van der Waals surface area (Å²) in [6.45, 7) is 1.61. The number of aryl methyl sites for hydroxylation is 1. The van der Waals surface area contributed by atoms with Crippen molar-refractivity contribution in [1.29, 1.82) is 0 Å². The SMILES string of the molecule is COC(=O)CC[C@@H](NC(=O)c1n[nH]c(C)n1)C(=O)O. The van der Waals surface area contributed by atoms with E-state index in [0.29, 0.717) is 5.82 Å². The zero-order chi connectivity index (χ0) is 14.4. The molecule has 0 aliphatic rings. The number of esters is 1. The number of carbonyl (C=O) groups excluding carboxylic acids is 2. The fraction of sp³-hybridized carbons (Fsp3) is 0.500. The maximum Gasteiger partial charge on any atom is 0.326 e. The van der Waals surface area contributed by atoms with Crippen LogP contribution in [0, 0.1) is 6.92 Å². The van der Waals surface area contributed by atoms with Crippen LogP contribution >= 0.6 is 0 Å². The Morgan fingerprint density at radius 1 is 1.47 bits per heavy atom. The van der Waals surface area contributed by atoms with Crippen LogP contribution in [0.3, 0.4) is 0 Å². The highest BCUT2D eigenvalue weighted by molar-refractivity contribution is 5.93. The Labute approximate surface area is 108 Å². The molecule has 0 saturated carbocycles. The van der Waals surface area contributed by atoms with Gasteiger partial charge < -0.3 is 15.2 Å². The lowest BCUT2D eigenvalue weighted by Gasteiger charge is -2.12. The topological polar surface area (TPSA) is 134 Å². The summed E-state index contributed by atoms with van der Waals surface area (Å²) in [4.78, 5) is 37.3. The summed E-state index contributed by atoms with van der Waals surface area (Å²) in [5.74, 6) is -2.23. The van der Waals surface area contributed by atoms with Crippen LogP contribution in [0.1, 0.15) is 29.3 Å². The first kappa shape index (κ1) is 14.6. The first-order valence-corrected chi connectivity index (χ1v) is 5.43. The second-order valence-electron chi connectivity index (χ2n) is 3.72. The van der Waals surface area contributed by atoms with Gasteiger partial charge in [-0.15, -0.1) is 5.10 Å². The van der Waals surface area contributed by atoms with Crippen molar-refractivity contribution in [2.24, 2.45) is 0 Å². The lowest BCUT2D eigenvalue weighted by Crippen LogP contribution is -2.41. The molecule has 0 radical (unpaired) electrons. The van der Waals surface area contributed by atoms with Crippen LogP contribution in [-0.2, 0) is 14.3 Å². The molecule has 0 spiro atoms. The van der Waals surface area contributed by atoms with E-state index in [4.69, 9.17) is 5.11 Å². The Morgan fingerprint density at radius 2 is 2.16 bits per heavy atom. The highest BCUT2D eigenvalue weighted by Gasteiger charge is 2.23. The van der Waals surface area contributed by atoms with E-state index in [0.717, 1.165) is 0 Å². The molecule has 1 aromatic rings. The largest absolute Gasteiger partial charge is 0.480 e. The van der Waals surface area contributed by atoms with Gasteiger partial charge in [0.2, 0.25) is 5.82 Å². The Kier molecular flexibility index (Phi) is 4.98. The summed E-state index contributed by atoms with van der Waals surface area (Å²) in [7, 11) is 1.20. The standard InChI is InChI=1S/C10H14N4O5/c1-5-11-8(14-13-5)9(16)12-6(10(17)18)3-4-7(15)19-2/h6H,3-4H2,1-2H3,(H,12,16)(H,17,18)(H,11,13,14)/t6-/m1/s1. The normalized spacial score (nSPS) is 11.7. The lowest BCUT2D eigenvalue weighted by atomic mass is 10.1. The summed E-state index contributed by atoms with van der Waals surface area (Å²) >= 11 is 0. The van der Waals surface area contributed by atoms with Gasteiger partial charge in [0.15, 0.2) is 0 Å². The number of carbonyl (C=O) groups is 3. The average molecular weight is 270 g/mol. The highest BCUT2D eigenvalue weighted by Crippen LogP contribution is 2.01. The number of aliphatic carboxylic acids is 1. The van der Waals surface area contributed by atoms with E-state index in [1.807, 2.05) is 0 Å². The van der Waals surface area contributed by atoms with Gasteiger partial charge in [-0.2, -0.15) is 0 Å². The van der Waals surface area contributed by atoms with Crippen molar-refractivity contribution >= 4 is 17.8 Å². The van der Waals surface area contributed by atoms with E-state index in [-0.39, 0.29) is 18.7 Å². The van der Waals surface area contributed by atoms with Crippen molar-refractivity contribution in [2.45, 2.75) is 25.8 Å². The van der Waals surface area contributed by atoms with E-state index >= 15 is 0 Å². The number of carboxylic acids is 1. The van der Waals surface area contributed by atoms with Crippen molar-refractivity contribution in [1.82, 2.24) is 20.5 Å². The Bertz CT molecular complexity index is 484. The number of methoxy groups -OCH3 is 1. The van der Waals surface area contributed by atoms with E-state index < -0.39 is 23.9 Å². The molecular formula is C10H14N4O5. The predicted molar refractivity (Wildman–Crippen MR) is 61.3 cm³/mol. The molecule has 9 heteroatoms. The first-order valence-electron chi connectivity index (χ1n) is 5.43. The van der Waals surface area contributed by atoms with Gasteiger partial charge in [0, 0.05) is 6.42 Å². The number of aromatic nitrogens is 3. The summed E-state index contributed by atoms with van der Waals surface area (Å²) in [5.41, 5.74) is 0. The molecular weight excluding hydrogens is 256 g/mol. The third-order valence-electron chi connectivity index (χ3n) is 2.27. The van der Waals surface area contributed by atoms with Crippen LogP contribution in [-0.4, -0.2) is 51.3 Å². The molecule has 3 N–H and O–H groups in total. The van der Waals surface area contributed by atoms with Crippen molar-refractivity contribution in [3.63, 3.8) is 0 Å². The van der Waals surface area contributed by atoms with Gasteiger partial charge in [-0.1, -0.05) is 0 Å². The van der Waals surface area contributed by atoms with Gasteiger partial charge in [0.05, 0.1) is 7.11 Å². The summed E-state index contributed by atoms with van der Waals surface area (Å²) in [6, 6.07) is -1.20. The lowest BCUT2D eigenvalue weighted by molar-refractivity contribution is -0.142. The van der Waals surface area contributed by atoms with Gasteiger partial charge in [-0.3, -0.25) is 14.7 Å². The van der Waals surface area contributed by atoms with Gasteiger partial charge in [0.25, 0.3) is 5.91 Å². The Balaban J connectivity index is 2.61. The highest BCUT2D eigenvalue weighted by atomic mass is 16.5. The fourth-order valence-electron chi connectivity index (χ4n) is 1.29. The molecule has 0 unspecified atom stereocenters. The number of carboxylic acid groups (broad SMARTS) is 1. The molecule has 9 nitrogen and oxygen atoms in total. The molecule has 19 heavy (non-hydrogen) atoms. The van der Waals surface area contributed by atoms with Crippen LogP contribution in [0.25, 0.3) is 0 Å². The second-order valence-corrected chi connectivity index (χ2v) is 3.72. The molecule has 1 aromatic heterocycles. The van der Waals surface area contributed by atoms with Gasteiger partial charge in [-0.25, -0.2) is 9.78 Å². The second kappa shape index (κ2) is 6.47. The van der Waals surface area contributed by atoms with Crippen molar-refractivity contribution in [3.8, 4) is 0 Å². The minimum absolute atomic E-state index is 0.0723. The average Bonchev–Trinajstić information content (AvgIpc) is 2.80. The number of ether oxygens (including phenoxy) is 1. The smallest absolute Gasteiger partial charge is 0.326 e. The summed E-state index contributed by atoms with van der Waals surface area (Å²) in [6.07, 6.45) is -0.183. The Hall–Kier alpha value is -2.45. The maximum atomic E-state index is 11.7. The number of nitrogens with zero attached hydrogens (tertiary/aromatic N) is 2. The zero-order valence-corrected chi connectivity index (χ0v) is 10.5. The molecule has 0 fully saturated rings.